The maximum atomic E-state index is 10.6. The Morgan fingerprint density at radius 1 is 1.30 bits per heavy atom. The Bertz CT molecular complexity index is 170. The topological polar surface area (TPSA) is 34.1 Å². The zero-order chi connectivity index (χ0) is 8.20. The van der Waals surface area contributed by atoms with Crippen molar-refractivity contribution >= 4 is 9.84 Å². The summed E-state index contributed by atoms with van der Waals surface area (Å²) in [6.07, 6.45) is 0.863. The highest BCUT2D eigenvalue weighted by molar-refractivity contribution is 7.91. The zero-order valence-corrected chi connectivity index (χ0v) is 7.74. The van der Waals surface area contributed by atoms with Gasteiger partial charge in [-0.3, -0.25) is 0 Å². The van der Waals surface area contributed by atoms with Gasteiger partial charge in [0.05, 0.1) is 11.5 Å². The summed E-state index contributed by atoms with van der Waals surface area (Å²) in [6, 6.07) is 0. The quantitative estimate of drug-likeness (QED) is 0.543. The highest BCUT2D eigenvalue weighted by Crippen LogP contribution is 2.16. The minimum Gasteiger partial charge on any atom is -0.229 e. The SMILES string of the molecule is CC.CC1CCS(=O)(=O)C1. The molecule has 0 aliphatic carbocycles. The molecule has 0 amide bonds. The van der Waals surface area contributed by atoms with Crippen molar-refractivity contribution < 1.29 is 8.42 Å². The van der Waals surface area contributed by atoms with E-state index in [1.807, 2.05) is 20.8 Å². The Balaban J connectivity index is 0.000000371. The van der Waals surface area contributed by atoms with Crippen LogP contribution in [0.3, 0.4) is 0 Å². The van der Waals surface area contributed by atoms with Crippen LogP contribution >= 0.6 is 0 Å². The van der Waals surface area contributed by atoms with E-state index in [-0.39, 0.29) is 0 Å². The van der Waals surface area contributed by atoms with E-state index in [9.17, 15) is 8.42 Å². The van der Waals surface area contributed by atoms with Crippen molar-refractivity contribution in [2.24, 2.45) is 5.92 Å². The molecule has 0 spiro atoms. The smallest absolute Gasteiger partial charge is 0.150 e. The summed E-state index contributed by atoms with van der Waals surface area (Å²) in [5, 5.41) is 0. The first-order valence-corrected chi connectivity index (χ1v) is 5.63. The zero-order valence-electron chi connectivity index (χ0n) is 6.92. The van der Waals surface area contributed by atoms with Gasteiger partial charge in [0.1, 0.15) is 0 Å². The third kappa shape index (κ3) is 3.20. The first-order chi connectivity index (χ1) is 4.60. The number of hydrogen-bond acceptors (Lipinski definition) is 2. The lowest BCUT2D eigenvalue weighted by molar-refractivity contribution is 0.599. The summed E-state index contributed by atoms with van der Waals surface area (Å²) in [4.78, 5) is 0. The molecule has 1 unspecified atom stereocenters. The van der Waals surface area contributed by atoms with Gasteiger partial charge in [0, 0.05) is 0 Å². The molecule has 2 nitrogen and oxygen atoms in total. The minimum atomic E-state index is -2.60. The van der Waals surface area contributed by atoms with Gasteiger partial charge in [-0.05, 0) is 12.3 Å². The molecule has 0 aromatic rings. The van der Waals surface area contributed by atoms with Crippen LogP contribution < -0.4 is 0 Å². The van der Waals surface area contributed by atoms with Gasteiger partial charge in [0.15, 0.2) is 9.84 Å². The molecule has 1 aliphatic heterocycles. The van der Waals surface area contributed by atoms with Gasteiger partial charge in [0.2, 0.25) is 0 Å². The molecule has 1 fully saturated rings. The van der Waals surface area contributed by atoms with Gasteiger partial charge < -0.3 is 0 Å². The van der Waals surface area contributed by atoms with Crippen molar-refractivity contribution in [2.45, 2.75) is 27.2 Å². The van der Waals surface area contributed by atoms with E-state index < -0.39 is 9.84 Å². The van der Waals surface area contributed by atoms with Gasteiger partial charge in [-0.25, -0.2) is 8.42 Å². The lowest BCUT2D eigenvalue weighted by Crippen LogP contribution is -2.01. The van der Waals surface area contributed by atoms with Gasteiger partial charge in [-0.1, -0.05) is 20.8 Å². The van der Waals surface area contributed by atoms with Crippen LogP contribution in [0.2, 0.25) is 0 Å². The Kier molecular flexibility index (Phi) is 3.94. The molecule has 1 saturated heterocycles. The Morgan fingerprint density at radius 2 is 1.80 bits per heavy atom. The van der Waals surface area contributed by atoms with Crippen molar-refractivity contribution in [3.05, 3.63) is 0 Å². The number of rotatable bonds is 0. The van der Waals surface area contributed by atoms with E-state index in [4.69, 9.17) is 0 Å². The van der Waals surface area contributed by atoms with Crippen molar-refractivity contribution in [3.63, 3.8) is 0 Å². The Hall–Kier alpha value is -0.0500. The fourth-order valence-electron chi connectivity index (χ4n) is 0.981. The third-order valence-electron chi connectivity index (χ3n) is 1.46. The van der Waals surface area contributed by atoms with E-state index in [0.717, 1.165) is 6.42 Å². The molecule has 1 aliphatic rings. The lowest BCUT2D eigenvalue weighted by atomic mass is 10.2. The molecule has 0 aromatic heterocycles. The van der Waals surface area contributed by atoms with E-state index in [0.29, 0.717) is 17.4 Å². The molecule has 0 N–H and O–H groups in total. The van der Waals surface area contributed by atoms with Gasteiger partial charge in [-0.2, -0.15) is 0 Å². The molecular formula is C7H16O2S. The average Bonchev–Trinajstić information content (AvgIpc) is 2.15. The standard InChI is InChI=1S/C5H10O2S.C2H6/c1-5-2-3-8(6,7)4-5;1-2/h5H,2-4H2,1H3;1-2H3. The summed E-state index contributed by atoms with van der Waals surface area (Å²) < 4.78 is 21.3. The minimum absolute atomic E-state index is 0.403. The maximum Gasteiger partial charge on any atom is 0.150 e. The summed E-state index contributed by atoms with van der Waals surface area (Å²) in [5.41, 5.74) is 0. The normalized spacial score (nSPS) is 28.9. The molecule has 0 saturated carbocycles. The van der Waals surface area contributed by atoms with E-state index >= 15 is 0 Å². The summed E-state index contributed by atoms with van der Waals surface area (Å²) >= 11 is 0. The monoisotopic (exact) mass is 164 g/mol. The molecule has 1 heterocycles. The van der Waals surface area contributed by atoms with Crippen LogP contribution in [0.25, 0.3) is 0 Å². The molecule has 0 bridgehead atoms. The van der Waals surface area contributed by atoms with Gasteiger partial charge in [-0.15, -0.1) is 0 Å². The van der Waals surface area contributed by atoms with E-state index in [2.05, 4.69) is 0 Å². The molecule has 0 radical (unpaired) electrons. The fourth-order valence-corrected chi connectivity index (χ4v) is 2.94. The van der Waals surface area contributed by atoms with Gasteiger partial charge >= 0.3 is 0 Å². The Morgan fingerprint density at radius 3 is 1.90 bits per heavy atom. The number of hydrogen-bond donors (Lipinski definition) is 0. The molecule has 1 rings (SSSR count). The van der Waals surface area contributed by atoms with Crippen LogP contribution in [0.4, 0.5) is 0 Å². The summed E-state index contributed by atoms with van der Waals surface area (Å²) in [6.45, 7) is 5.98. The van der Waals surface area contributed by atoms with Crippen molar-refractivity contribution in [1.29, 1.82) is 0 Å². The van der Waals surface area contributed by atoms with Crippen LogP contribution in [0.1, 0.15) is 27.2 Å². The second-order valence-corrected chi connectivity index (χ2v) is 4.74. The maximum absolute atomic E-state index is 10.6. The van der Waals surface area contributed by atoms with E-state index in [1.54, 1.807) is 0 Å². The van der Waals surface area contributed by atoms with Crippen LogP contribution in [0.5, 0.6) is 0 Å². The molecule has 3 heteroatoms. The summed E-state index contributed by atoms with van der Waals surface area (Å²) in [5.74, 6) is 1.22. The van der Waals surface area contributed by atoms with Crippen LogP contribution in [-0.2, 0) is 9.84 Å². The number of sulfone groups is 1. The molecule has 10 heavy (non-hydrogen) atoms. The first-order valence-electron chi connectivity index (χ1n) is 3.80. The van der Waals surface area contributed by atoms with Crippen molar-refractivity contribution in [3.8, 4) is 0 Å². The second-order valence-electron chi connectivity index (χ2n) is 2.51. The molecule has 1 atom stereocenters. The third-order valence-corrected chi connectivity index (χ3v) is 3.39. The Labute approximate surface area is 63.6 Å². The van der Waals surface area contributed by atoms with Crippen LogP contribution in [0, 0.1) is 5.92 Å². The first kappa shape index (κ1) is 9.95. The van der Waals surface area contributed by atoms with Crippen LogP contribution in [-0.4, -0.2) is 19.9 Å². The van der Waals surface area contributed by atoms with Crippen molar-refractivity contribution in [1.82, 2.24) is 0 Å². The molecule has 62 valence electrons. The predicted molar refractivity (Wildman–Crippen MR) is 43.8 cm³/mol. The van der Waals surface area contributed by atoms with E-state index in [1.165, 1.54) is 0 Å². The largest absolute Gasteiger partial charge is 0.229 e. The van der Waals surface area contributed by atoms with Crippen LogP contribution in [0.15, 0.2) is 0 Å². The second kappa shape index (κ2) is 3.96. The molecule has 0 aromatic carbocycles. The predicted octanol–water partition coefficient (Wildman–Crippen LogP) is 1.47. The fraction of sp³-hybridized carbons (Fsp3) is 1.00. The average molecular weight is 164 g/mol. The molecular weight excluding hydrogens is 148 g/mol. The highest BCUT2D eigenvalue weighted by Gasteiger charge is 2.23. The van der Waals surface area contributed by atoms with Gasteiger partial charge in [0.25, 0.3) is 0 Å². The highest BCUT2D eigenvalue weighted by atomic mass is 32.2. The van der Waals surface area contributed by atoms with Crippen molar-refractivity contribution in [2.75, 3.05) is 11.5 Å². The lowest BCUT2D eigenvalue weighted by Gasteiger charge is -1.90. The summed E-state index contributed by atoms with van der Waals surface area (Å²) in [7, 11) is -2.60.